The molecule has 0 aliphatic heterocycles. The largest absolute Gasteiger partial charge is 0.494 e. The van der Waals surface area contributed by atoms with Crippen LogP contribution in [0.5, 0.6) is 5.75 Å². The van der Waals surface area contributed by atoms with E-state index in [0.29, 0.717) is 17.7 Å². The van der Waals surface area contributed by atoms with Crippen LogP contribution in [0.4, 0.5) is 0 Å². The fourth-order valence-corrected chi connectivity index (χ4v) is 1.90. The van der Waals surface area contributed by atoms with Gasteiger partial charge in [0.25, 0.3) is 0 Å². The third-order valence-electron chi connectivity index (χ3n) is 2.95. The Morgan fingerprint density at radius 2 is 1.71 bits per heavy atom. The zero-order chi connectivity index (χ0) is 15.1. The number of rotatable bonds is 4. The topological polar surface area (TPSA) is 56.8 Å². The smallest absolute Gasteiger partial charge is 0.119 e. The van der Waals surface area contributed by atoms with Gasteiger partial charge in [-0.3, -0.25) is 0 Å². The maximum atomic E-state index is 9.30. The molecule has 102 valence electrons. The van der Waals surface area contributed by atoms with E-state index in [1.54, 1.807) is 24.3 Å². The minimum absolute atomic E-state index is 0.559. The van der Waals surface area contributed by atoms with E-state index in [4.69, 9.17) is 10.00 Å². The normalized spacial score (nSPS) is 10.5. The molecular weight excluding hydrogens is 260 g/mol. The van der Waals surface area contributed by atoms with Crippen LogP contribution in [0.25, 0.3) is 11.6 Å². The molecular formula is C18H14N2O. The molecule has 0 heterocycles. The van der Waals surface area contributed by atoms with Crippen molar-refractivity contribution in [2.45, 2.75) is 6.92 Å². The highest BCUT2D eigenvalue weighted by atomic mass is 16.5. The Labute approximate surface area is 124 Å². The lowest BCUT2D eigenvalue weighted by Crippen LogP contribution is -1.90. The molecule has 2 rings (SSSR count). The molecule has 3 nitrogen and oxygen atoms in total. The molecule has 0 aromatic heterocycles. The summed E-state index contributed by atoms with van der Waals surface area (Å²) in [5, 5.41) is 18.1. The maximum absolute atomic E-state index is 9.30. The first-order valence-electron chi connectivity index (χ1n) is 6.62. The van der Waals surface area contributed by atoms with Gasteiger partial charge in [0.15, 0.2) is 0 Å². The molecule has 0 radical (unpaired) electrons. The van der Waals surface area contributed by atoms with Crippen molar-refractivity contribution in [3.8, 4) is 17.9 Å². The van der Waals surface area contributed by atoms with E-state index in [1.807, 2.05) is 37.3 Å². The Hall–Kier alpha value is -3.04. The summed E-state index contributed by atoms with van der Waals surface area (Å²) >= 11 is 0. The van der Waals surface area contributed by atoms with E-state index < -0.39 is 0 Å². The van der Waals surface area contributed by atoms with Crippen LogP contribution in [0, 0.1) is 22.7 Å². The summed E-state index contributed by atoms with van der Waals surface area (Å²) in [5.41, 5.74) is 2.87. The minimum Gasteiger partial charge on any atom is -0.494 e. The first-order valence-corrected chi connectivity index (χ1v) is 6.62. The van der Waals surface area contributed by atoms with Gasteiger partial charge < -0.3 is 4.74 Å². The van der Waals surface area contributed by atoms with Gasteiger partial charge in [0, 0.05) is 0 Å². The first kappa shape index (κ1) is 14.4. The van der Waals surface area contributed by atoms with Crippen LogP contribution >= 0.6 is 0 Å². The van der Waals surface area contributed by atoms with Crippen molar-refractivity contribution in [1.82, 2.24) is 0 Å². The zero-order valence-electron chi connectivity index (χ0n) is 11.7. The second-order valence-corrected chi connectivity index (χ2v) is 4.36. The highest BCUT2D eigenvalue weighted by Gasteiger charge is 2.02. The van der Waals surface area contributed by atoms with Crippen molar-refractivity contribution < 1.29 is 4.74 Å². The highest BCUT2D eigenvalue weighted by Crippen LogP contribution is 2.20. The molecule has 3 heteroatoms. The summed E-state index contributed by atoms with van der Waals surface area (Å²) in [4.78, 5) is 0. The van der Waals surface area contributed by atoms with Crippen molar-refractivity contribution in [3.05, 3.63) is 65.2 Å². The lowest BCUT2D eigenvalue weighted by molar-refractivity contribution is 0.340. The van der Waals surface area contributed by atoms with Crippen LogP contribution < -0.4 is 4.74 Å². The molecule has 0 fully saturated rings. The van der Waals surface area contributed by atoms with Gasteiger partial charge in [-0.05, 0) is 48.4 Å². The molecule has 0 bridgehead atoms. The zero-order valence-corrected chi connectivity index (χ0v) is 11.7. The van der Waals surface area contributed by atoms with Crippen molar-refractivity contribution in [1.29, 1.82) is 10.5 Å². The Morgan fingerprint density at radius 3 is 2.24 bits per heavy atom. The lowest BCUT2D eigenvalue weighted by Gasteiger charge is -2.03. The van der Waals surface area contributed by atoms with Crippen LogP contribution in [0.2, 0.25) is 0 Å². The molecule has 0 saturated heterocycles. The quantitative estimate of drug-likeness (QED) is 0.625. The molecule has 0 unspecified atom stereocenters. The van der Waals surface area contributed by atoms with E-state index in [9.17, 15) is 5.26 Å². The van der Waals surface area contributed by atoms with Gasteiger partial charge in [0.2, 0.25) is 0 Å². The Morgan fingerprint density at radius 1 is 1.05 bits per heavy atom. The monoisotopic (exact) mass is 274 g/mol. The SMILES string of the molecule is CCOc1ccc(/C=C(\C#N)c2ccc(C#N)cc2)cc1. The van der Waals surface area contributed by atoms with Gasteiger partial charge in [-0.15, -0.1) is 0 Å². The molecule has 0 aliphatic carbocycles. The maximum Gasteiger partial charge on any atom is 0.119 e. The number of benzene rings is 2. The fraction of sp³-hybridized carbons (Fsp3) is 0.111. The number of hydrogen-bond donors (Lipinski definition) is 0. The average molecular weight is 274 g/mol. The first-order chi connectivity index (χ1) is 10.3. The molecule has 2 aromatic carbocycles. The van der Waals surface area contributed by atoms with Gasteiger partial charge in [-0.2, -0.15) is 10.5 Å². The Kier molecular flexibility index (Phi) is 4.75. The summed E-state index contributed by atoms with van der Waals surface area (Å²) in [6.45, 7) is 2.57. The van der Waals surface area contributed by atoms with Crippen molar-refractivity contribution in [2.75, 3.05) is 6.61 Å². The standard InChI is InChI=1S/C18H14N2O/c1-2-21-18-9-5-14(6-10-18)11-17(13-20)16-7-3-15(12-19)4-8-16/h3-11H,2H2,1H3/b17-11+. The summed E-state index contributed by atoms with van der Waals surface area (Å²) in [5.74, 6) is 0.812. The third-order valence-corrected chi connectivity index (χ3v) is 2.95. The van der Waals surface area contributed by atoms with Crippen molar-refractivity contribution >= 4 is 11.6 Å². The summed E-state index contributed by atoms with van der Waals surface area (Å²) < 4.78 is 5.39. The summed E-state index contributed by atoms with van der Waals surface area (Å²) in [6.07, 6.45) is 1.82. The molecule has 2 aromatic rings. The number of hydrogen-bond acceptors (Lipinski definition) is 3. The molecule has 0 N–H and O–H groups in total. The van der Waals surface area contributed by atoms with E-state index >= 15 is 0 Å². The predicted octanol–water partition coefficient (Wildman–Crippen LogP) is 4.02. The average Bonchev–Trinajstić information content (AvgIpc) is 2.54. The molecule has 0 amide bonds. The van der Waals surface area contributed by atoms with Crippen LogP contribution in [0.3, 0.4) is 0 Å². The summed E-state index contributed by atoms with van der Waals surface area (Å²) in [7, 11) is 0. The molecule has 0 atom stereocenters. The summed E-state index contributed by atoms with van der Waals surface area (Å²) in [6, 6.07) is 18.8. The van der Waals surface area contributed by atoms with Gasteiger partial charge in [-0.25, -0.2) is 0 Å². The lowest BCUT2D eigenvalue weighted by atomic mass is 10.0. The van der Waals surface area contributed by atoms with Crippen LogP contribution in [-0.2, 0) is 0 Å². The molecule has 21 heavy (non-hydrogen) atoms. The van der Waals surface area contributed by atoms with Crippen molar-refractivity contribution in [2.24, 2.45) is 0 Å². The molecule has 0 saturated carbocycles. The molecule has 0 aliphatic rings. The van der Waals surface area contributed by atoms with E-state index in [1.165, 1.54) is 0 Å². The van der Waals surface area contributed by atoms with Gasteiger partial charge >= 0.3 is 0 Å². The van der Waals surface area contributed by atoms with Crippen LogP contribution in [0.1, 0.15) is 23.6 Å². The minimum atomic E-state index is 0.559. The predicted molar refractivity (Wildman–Crippen MR) is 82.3 cm³/mol. The van der Waals surface area contributed by atoms with Gasteiger partial charge in [0.05, 0.1) is 29.9 Å². The van der Waals surface area contributed by atoms with E-state index in [-0.39, 0.29) is 0 Å². The number of ether oxygens (including phenoxy) is 1. The second kappa shape index (κ2) is 6.93. The van der Waals surface area contributed by atoms with E-state index in [0.717, 1.165) is 16.9 Å². The molecule has 0 spiro atoms. The number of nitrogens with zero attached hydrogens (tertiary/aromatic N) is 2. The van der Waals surface area contributed by atoms with Crippen LogP contribution in [-0.4, -0.2) is 6.61 Å². The van der Waals surface area contributed by atoms with Crippen molar-refractivity contribution in [3.63, 3.8) is 0 Å². The highest BCUT2D eigenvalue weighted by molar-refractivity contribution is 5.89. The Balaban J connectivity index is 2.27. The third kappa shape index (κ3) is 3.72. The Bertz CT molecular complexity index is 714. The fourth-order valence-electron chi connectivity index (χ4n) is 1.90. The van der Waals surface area contributed by atoms with Crippen LogP contribution in [0.15, 0.2) is 48.5 Å². The number of allylic oxidation sites excluding steroid dienone is 1. The number of nitriles is 2. The van der Waals surface area contributed by atoms with Gasteiger partial charge in [0.1, 0.15) is 5.75 Å². The second-order valence-electron chi connectivity index (χ2n) is 4.36. The van der Waals surface area contributed by atoms with E-state index in [2.05, 4.69) is 12.1 Å². The van der Waals surface area contributed by atoms with Gasteiger partial charge in [-0.1, -0.05) is 24.3 Å².